The monoisotopic (exact) mass is 403 g/mol. The van der Waals surface area contributed by atoms with Crippen LogP contribution in [0.25, 0.3) is 21.5 Å². The Kier molecular flexibility index (Phi) is 5.36. The summed E-state index contributed by atoms with van der Waals surface area (Å²) in [7, 11) is 0. The van der Waals surface area contributed by atoms with Gasteiger partial charge in [0.05, 0.1) is 22.7 Å². The Labute approximate surface area is 165 Å². The molecule has 6 nitrogen and oxygen atoms in total. The van der Waals surface area contributed by atoms with Gasteiger partial charge in [-0.1, -0.05) is 0 Å². The minimum atomic E-state index is -0.169. The van der Waals surface area contributed by atoms with Gasteiger partial charge in [0.25, 0.3) is 5.56 Å². The molecule has 142 valence electrons. The Morgan fingerprint density at radius 1 is 1.41 bits per heavy atom. The number of aromatic nitrogens is 2. The number of piperidine rings is 1. The first-order valence-corrected chi connectivity index (χ1v) is 11.0. The summed E-state index contributed by atoms with van der Waals surface area (Å²) in [5.41, 5.74) is 0.596. The van der Waals surface area contributed by atoms with Crippen LogP contribution in [0.1, 0.15) is 37.3 Å². The van der Waals surface area contributed by atoms with Crippen molar-refractivity contribution >= 4 is 39.2 Å². The summed E-state index contributed by atoms with van der Waals surface area (Å²) in [5, 5.41) is 2.39. The van der Waals surface area contributed by atoms with Crippen LogP contribution in [-0.4, -0.2) is 39.6 Å². The Hall–Kier alpha value is -2.06. The minimum absolute atomic E-state index is 0.0648. The number of furan rings is 1. The number of carbonyl (C=O) groups is 1. The minimum Gasteiger partial charge on any atom is -0.464 e. The first-order chi connectivity index (χ1) is 13.1. The summed E-state index contributed by atoms with van der Waals surface area (Å²) in [6.07, 6.45) is 4.98. The molecule has 1 aliphatic heterocycles. The van der Waals surface area contributed by atoms with E-state index in [4.69, 9.17) is 4.42 Å². The maximum absolute atomic E-state index is 12.7. The molecule has 0 bridgehead atoms. The number of likely N-dealkylation sites (tertiary alicyclic amines) is 1. The second-order valence-corrected chi connectivity index (χ2v) is 8.84. The fourth-order valence-corrected chi connectivity index (χ4v) is 5.06. The third-order valence-electron chi connectivity index (χ3n) is 4.80. The summed E-state index contributed by atoms with van der Waals surface area (Å²) < 4.78 is 5.42. The highest BCUT2D eigenvalue weighted by Crippen LogP contribution is 2.33. The van der Waals surface area contributed by atoms with Crippen LogP contribution in [0.5, 0.6) is 0 Å². The first-order valence-electron chi connectivity index (χ1n) is 9.08. The molecule has 27 heavy (non-hydrogen) atoms. The zero-order valence-electron chi connectivity index (χ0n) is 15.1. The molecule has 0 unspecified atom stereocenters. The van der Waals surface area contributed by atoms with Gasteiger partial charge >= 0.3 is 0 Å². The van der Waals surface area contributed by atoms with Crippen molar-refractivity contribution in [2.45, 2.75) is 31.4 Å². The molecule has 8 heteroatoms. The van der Waals surface area contributed by atoms with Crippen molar-refractivity contribution in [1.82, 2.24) is 14.9 Å². The molecule has 1 aliphatic rings. The normalized spacial score (nSPS) is 16.0. The van der Waals surface area contributed by atoms with Crippen LogP contribution < -0.4 is 5.56 Å². The van der Waals surface area contributed by atoms with E-state index in [2.05, 4.69) is 9.97 Å². The van der Waals surface area contributed by atoms with Gasteiger partial charge < -0.3 is 14.3 Å². The number of thiophene rings is 1. The summed E-state index contributed by atoms with van der Waals surface area (Å²) in [6.45, 7) is 3.69. The van der Waals surface area contributed by atoms with Crippen molar-refractivity contribution in [3.63, 3.8) is 0 Å². The Bertz CT molecular complexity index is 987. The van der Waals surface area contributed by atoms with Crippen LogP contribution in [0.15, 0.2) is 33.0 Å². The van der Waals surface area contributed by atoms with E-state index in [0.717, 1.165) is 31.5 Å². The van der Waals surface area contributed by atoms with Crippen molar-refractivity contribution in [1.29, 1.82) is 0 Å². The zero-order chi connectivity index (χ0) is 18.8. The van der Waals surface area contributed by atoms with Gasteiger partial charge in [-0.2, -0.15) is 0 Å². The number of aromatic amines is 1. The van der Waals surface area contributed by atoms with E-state index in [1.54, 1.807) is 12.3 Å². The van der Waals surface area contributed by atoms with E-state index in [9.17, 15) is 9.59 Å². The lowest BCUT2D eigenvalue weighted by Crippen LogP contribution is -2.36. The number of rotatable bonds is 5. The standard InChI is InChI=1S/C19H21N3O3S2/c1-12(26-11-15(23)22-7-3-2-4-8-22)17-20-18(24)16-13(10-27-19(16)21-17)14-6-5-9-25-14/h5-6,9-10,12H,2-4,7-8,11H2,1H3,(H,20,21,24)/t12-/m1/s1. The molecule has 3 aromatic rings. The first kappa shape index (κ1) is 18.3. The van der Waals surface area contributed by atoms with Crippen molar-refractivity contribution in [3.8, 4) is 11.3 Å². The number of hydrogen-bond donors (Lipinski definition) is 1. The highest BCUT2D eigenvalue weighted by Gasteiger charge is 2.20. The predicted molar refractivity (Wildman–Crippen MR) is 109 cm³/mol. The molecule has 0 aromatic carbocycles. The van der Waals surface area contributed by atoms with Crippen LogP contribution >= 0.6 is 23.1 Å². The molecule has 0 spiro atoms. The van der Waals surface area contributed by atoms with Crippen LogP contribution in [-0.2, 0) is 4.79 Å². The molecule has 1 atom stereocenters. The van der Waals surface area contributed by atoms with Gasteiger partial charge in [0.15, 0.2) is 0 Å². The highest BCUT2D eigenvalue weighted by molar-refractivity contribution is 8.00. The molecule has 1 N–H and O–H groups in total. The molecule has 0 saturated carbocycles. The summed E-state index contributed by atoms with van der Waals surface area (Å²) in [6, 6.07) is 3.63. The number of thioether (sulfide) groups is 1. The molecule has 1 amide bonds. The molecule has 3 aromatic heterocycles. The van der Waals surface area contributed by atoms with E-state index >= 15 is 0 Å². The van der Waals surface area contributed by atoms with Crippen molar-refractivity contribution in [2.75, 3.05) is 18.8 Å². The van der Waals surface area contributed by atoms with Crippen LogP contribution in [0, 0.1) is 0 Å². The van der Waals surface area contributed by atoms with Crippen LogP contribution in [0.3, 0.4) is 0 Å². The Balaban J connectivity index is 1.50. The number of hydrogen-bond acceptors (Lipinski definition) is 6. The molecule has 1 saturated heterocycles. The fourth-order valence-electron chi connectivity index (χ4n) is 3.28. The van der Waals surface area contributed by atoms with Gasteiger partial charge in [0, 0.05) is 24.0 Å². The molecule has 0 radical (unpaired) electrons. The van der Waals surface area contributed by atoms with Gasteiger partial charge in [-0.15, -0.1) is 23.1 Å². The lowest BCUT2D eigenvalue weighted by molar-refractivity contribution is -0.129. The van der Waals surface area contributed by atoms with Gasteiger partial charge in [-0.25, -0.2) is 4.98 Å². The average Bonchev–Trinajstić information content (AvgIpc) is 3.36. The molecule has 4 heterocycles. The molecule has 0 aliphatic carbocycles. The van der Waals surface area contributed by atoms with E-state index in [-0.39, 0.29) is 16.7 Å². The lowest BCUT2D eigenvalue weighted by Gasteiger charge is -2.26. The number of nitrogens with zero attached hydrogens (tertiary/aromatic N) is 2. The quantitative estimate of drug-likeness (QED) is 0.695. The summed E-state index contributed by atoms with van der Waals surface area (Å²) >= 11 is 2.94. The van der Waals surface area contributed by atoms with Gasteiger partial charge in [-0.05, 0) is 38.3 Å². The number of carbonyl (C=O) groups excluding carboxylic acids is 1. The predicted octanol–water partition coefficient (Wildman–Crippen LogP) is 4.05. The smallest absolute Gasteiger partial charge is 0.260 e. The summed E-state index contributed by atoms with van der Waals surface area (Å²) in [4.78, 5) is 35.2. The van der Waals surface area contributed by atoms with E-state index in [1.807, 2.05) is 23.3 Å². The van der Waals surface area contributed by atoms with Crippen molar-refractivity contribution in [3.05, 3.63) is 40.0 Å². The third kappa shape index (κ3) is 3.82. The topological polar surface area (TPSA) is 79.2 Å². The van der Waals surface area contributed by atoms with Crippen molar-refractivity contribution in [2.24, 2.45) is 0 Å². The molecular formula is C19H21N3O3S2. The average molecular weight is 404 g/mol. The third-order valence-corrected chi connectivity index (χ3v) is 6.81. The van der Waals surface area contributed by atoms with Crippen molar-refractivity contribution < 1.29 is 9.21 Å². The van der Waals surface area contributed by atoms with Gasteiger partial charge in [-0.3, -0.25) is 9.59 Å². The maximum Gasteiger partial charge on any atom is 0.260 e. The van der Waals surface area contributed by atoms with Crippen LogP contribution in [0.4, 0.5) is 0 Å². The Morgan fingerprint density at radius 2 is 2.22 bits per heavy atom. The Morgan fingerprint density at radius 3 is 2.96 bits per heavy atom. The summed E-state index contributed by atoms with van der Waals surface area (Å²) in [5.74, 6) is 1.85. The lowest BCUT2D eigenvalue weighted by atomic mass is 10.1. The van der Waals surface area contributed by atoms with Crippen LogP contribution in [0.2, 0.25) is 0 Å². The second kappa shape index (κ2) is 7.90. The number of amides is 1. The largest absolute Gasteiger partial charge is 0.464 e. The van der Waals surface area contributed by atoms with Gasteiger partial charge in [0.1, 0.15) is 16.4 Å². The van der Waals surface area contributed by atoms with E-state index in [1.165, 1.54) is 29.5 Å². The maximum atomic E-state index is 12.7. The molecule has 4 rings (SSSR count). The number of fused-ring (bicyclic) bond motifs is 1. The second-order valence-electron chi connectivity index (χ2n) is 6.65. The molecule has 1 fully saturated rings. The van der Waals surface area contributed by atoms with Gasteiger partial charge in [0.2, 0.25) is 5.91 Å². The fraction of sp³-hybridized carbons (Fsp3) is 0.421. The van der Waals surface area contributed by atoms with E-state index in [0.29, 0.717) is 27.6 Å². The van der Waals surface area contributed by atoms with E-state index < -0.39 is 0 Å². The molecular weight excluding hydrogens is 382 g/mol. The zero-order valence-corrected chi connectivity index (χ0v) is 16.7. The number of nitrogens with one attached hydrogen (secondary N) is 1. The SMILES string of the molecule is C[C@@H](SCC(=O)N1CCCCC1)c1nc2scc(-c3ccco3)c2c(=O)[nH]1. The number of H-pyrrole nitrogens is 1. The highest BCUT2D eigenvalue weighted by atomic mass is 32.2.